The zero-order valence-electron chi connectivity index (χ0n) is 34.5. The van der Waals surface area contributed by atoms with Gasteiger partial charge in [0.2, 0.25) is 0 Å². The number of ketones is 1. The molecule has 0 bridgehead atoms. The summed E-state index contributed by atoms with van der Waals surface area (Å²) in [5.74, 6) is 15.3. The number of rotatable bonds is 33. The summed E-state index contributed by atoms with van der Waals surface area (Å²) < 4.78 is 0. The molecule has 0 aromatic carbocycles. The second kappa shape index (κ2) is 37.8. The van der Waals surface area contributed by atoms with Crippen molar-refractivity contribution in [3.8, 4) is 47.9 Å². The molecule has 0 rings (SSSR count). The van der Waals surface area contributed by atoms with Gasteiger partial charge in [0.15, 0.2) is 6.10 Å². The lowest BCUT2D eigenvalue weighted by Crippen LogP contribution is -2.24. The van der Waals surface area contributed by atoms with Gasteiger partial charge in [0.05, 0.1) is 24.4 Å². The summed E-state index contributed by atoms with van der Waals surface area (Å²) in [6.07, 6.45) is 23.9. The highest BCUT2D eigenvalue weighted by Gasteiger charge is 2.13. The van der Waals surface area contributed by atoms with Crippen LogP contribution in [-0.2, 0) is 9.59 Å². The molecule has 0 aliphatic rings. The molecule has 9 N–H and O–H groups in total. The number of aliphatic hydroxyl groups is 8. The summed E-state index contributed by atoms with van der Waals surface area (Å²) in [7, 11) is 0. The zero-order valence-corrected chi connectivity index (χ0v) is 34.5. The van der Waals surface area contributed by atoms with Gasteiger partial charge in [0.25, 0.3) is 0 Å². The van der Waals surface area contributed by atoms with Crippen molar-refractivity contribution in [3.05, 3.63) is 24.3 Å². The molecule has 11 nitrogen and oxygen atoms in total. The number of Topliss-reactive ketones (excluding diaryl/α,β-unsaturated/α-hetero) is 1. The number of hydrogen-bond acceptors (Lipinski definition) is 10. The Kier molecular flexibility index (Phi) is 35.5. The van der Waals surface area contributed by atoms with E-state index in [0.29, 0.717) is 57.8 Å². The van der Waals surface area contributed by atoms with E-state index in [1.165, 1.54) is 50.7 Å². The number of carboxylic acids is 1. The van der Waals surface area contributed by atoms with Gasteiger partial charge in [-0.3, -0.25) is 4.79 Å². The Bertz CT molecular complexity index is 1370. The van der Waals surface area contributed by atoms with Crippen LogP contribution in [0.3, 0.4) is 0 Å². The van der Waals surface area contributed by atoms with Gasteiger partial charge in [0, 0.05) is 25.2 Å². The average Bonchev–Trinajstić information content (AvgIpc) is 3.19. The standard InChI is InChI=1S/C47H72O11/c1-2-38(48)32-33-42(52)28-20-26-41(51)27-21-30-44(54)35-34-43(53)29-19-25-40(50)24-17-14-16-23-39(49)22-15-12-10-8-6-4-3-5-7-9-11-13-18-31-45(55)46(56)36-37-47(57)58/h1,17,24,32-33,38,40-46,48,50-56H,3-16,18-20,22-23,25-29,31H2,(H,57,58)/b24-17+,33-32+. The lowest BCUT2D eigenvalue weighted by atomic mass is 10.0. The molecular weight excluding hydrogens is 741 g/mol. The SMILES string of the molecule is C#CC(O)/C=C/C(O)CCCC(O)CC#CC(O)C#CC(O)CCCC(O)/C=C/CCCC(=O)CCCCCCCCCCCCCCCC(O)C(O)C#CC(=O)O. The van der Waals surface area contributed by atoms with Gasteiger partial charge in [-0.1, -0.05) is 131 Å². The number of allylic oxidation sites excluding steroid dienone is 1. The topological polar surface area (TPSA) is 216 Å². The number of carboxylic acid groups (broad SMARTS) is 1. The molecule has 0 spiro atoms. The Balaban J connectivity index is 3.77. The smallest absolute Gasteiger partial charge is 0.381 e. The first-order chi connectivity index (χ1) is 27.8. The number of carbonyl (C=O) groups excluding carboxylic acids is 1. The number of aliphatic hydroxyl groups excluding tert-OH is 8. The zero-order chi connectivity index (χ0) is 43.2. The normalized spacial score (nSPS) is 15.4. The van der Waals surface area contributed by atoms with Crippen LogP contribution in [0.15, 0.2) is 24.3 Å². The first kappa shape index (κ1) is 54.5. The highest BCUT2D eigenvalue weighted by Crippen LogP contribution is 2.15. The third kappa shape index (κ3) is 36.9. The average molecular weight is 813 g/mol. The van der Waals surface area contributed by atoms with Crippen LogP contribution in [0, 0.1) is 47.9 Å². The minimum absolute atomic E-state index is 0.128. The van der Waals surface area contributed by atoms with Crippen LogP contribution in [0.5, 0.6) is 0 Å². The van der Waals surface area contributed by atoms with E-state index in [1.807, 2.05) is 12.0 Å². The van der Waals surface area contributed by atoms with Crippen LogP contribution >= 0.6 is 0 Å². The largest absolute Gasteiger partial charge is 0.472 e. The Hall–Kier alpha value is -3.46. The maximum absolute atomic E-state index is 12.2. The van der Waals surface area contributed by atoms with Crippen molar-refractivity contribution < 1.29 is 55.5 Å². The molecule has 326 valence electrons. The van der Waals surface area contributed by atoms with Crippen molar-refractivity contribution in [2.45, 2.75) is 209 Å². The molecule has 0 fully saturated rings. The molecule has 0 aliphatic carbocycles. The van der Waals surface area contributed by atoms with E-state index < -0.39 is 54.8 Å². The molecule has 0 saturated carbocycles. The Morgan fingerprint density at radius 2 is 1.10 bits per heavy atom. The van der Waals surface area contributed by atoms with Gasteiger partial charge in [-0.2, -0.15) is 0 Å². The molecule has 8 atom stereocenters. The van der Waals surface area contributed by atoms with Crippen LogP contribution in [-0.4, -0.2) is 107 Å². The fraction of sp³-hybridized carbons (Fsp3) is 0.702. The quantitative estimate of drug-likeness (QED) is 0.0243. The van der Waals surface area contributed by atoms with Crippen LogP contribution in [0.4, 0.5) is 0 Å². The number of terminal acetylenes is 1. The molecule has 8 unspecified atom stereocenters. The van der Waals surface area contributed by atoms with Crippen LogP contribution in [0.1, 0.15) is 161 Å². The lowest BCUT2D eigenvalue weighted by Gasteiger charge is -2.12. The number of hydrogen-bond donors (Lipinski definition) is 9. The van der Waals surface area contributed by atoms with Crippen LogP contribution < -0.4 is 0 Å². The first-order valence-electron chi connectivity index (χ1n) is 21.3. The molecule has 58 heavy (non-hydrogen) atoms. The minimum atomic E-state index is -1.32. The summed E-state index contributed by atoms with van der Waals surface area (Å²) in [6, 6.07) is 0. The van der Waals surface area contributed by atoms with Gasteiger partial charge < -0.3 is 46.0 Å². The Morgan fingerprint density at radius 3 is 1.71 bits per heavy atom. The highest BCUT2D eigenvalue weighted by atomic mass is 16.4. The summed E-state index contributed by atoms with van der Waals surface area (Å²) in [5.41, 5.74) is 0. The van der Waals surface area contributed by atoms with Crippen LogP contribution in [0.2, 0.25) is 0 Å². The third-order valence-corrected chi connectivity index (χ3v) is 9.50. The summed E-state index contributed by atoms with van der Waals surface area (Å²) in [6.45, 7) is 0. The van der Waals surface area contributed by atoms with Gasteiger partial charge in [-0.25, -0.2) is 4.79 Å². The minimum Gasteiger partial charge on any atom is -0.472 e. The molecule has 0 aromatic rings. The van der Waals surface area contributed by atoms with E-state index >= 15 is 0 Å². The Labute approximate surface area is 348 Å². The van der Waals surface area contributed by atoms with Crippen molar-refractivity contribution in [2.75, 3.05) is 0 Å². The monoisotopic (exact) mass is 813 g/mol. The molecule has 0 saturated heterocycles. The van der Waals surface area contributed by atoms with Crippen molar-refractivity contribution in [2.24, 2.45) is 0 Å². The fourth-order valence-electron chi connectivity index (χ4n) is 6.03. The van der Waals surface area contributed by atoms with E-state index in [2.05, 4.69) is 35.5 Å². The Morgan fingerprint density at radius 1 is 0.552 bits per heavy atom. The summed E-state index contributed by atoms with van der Waals surface area (Å²) in [5, 5.41) is 87.2. The van der Waals surface area contributed by atoms with Crippen molar-refractivity contribution >= 4 is 11.8 Å². The maximum Gasteiger partial charge on any atom is 0.381 e. The summed E-state index contributed by atoms with van der Waals surface area (Å²) in [4.78, 5) is 22.6. The predicted octanol–water partition coefficient (Wildman–Crippen LogP) is 5.04. The van der Waals surface area contributed by atoms with E-state index in [-0.39, 0.29) is 12.2 Å². The van der Waals surface area contributed by atoms with E-state index in [4.69, 9.17) is 11.5 Å². The third-order valence-electron chi connectivity index (χ3n) is 9.50. The van der Waals surface area contributed by atoms with Crippen molar-refractivity contribution in [3.63, 3.8) is 0 Å². The highest BCUT2D eigenvalue weighted by molar-refractivity contribution is 5.86. The van der Waals surface area contributed by atoms with Gasteiger partial charge >= 0.3 is 5.97 Å². The summed E-state index contributed by atoms with van der Waals surface area (Å²) >= 11 is 0. The molecule has 0 aromatic heterocycles. The lowest BCUT2D eigenvalue weighted by molar-refractivity contribution is -0.130. The molecule has 0 amide bonds. The van der Waals surface area contributed by atoms with Crippen molar-refractivity contribution in [1.82, 2.24) is 0 Å². The van der Waals surface area contributed by atoms with E-state index in [1.54, 1.807) is 6.08 Å². The fourth-order valence-corrected chi connectivity index (χ4v) is 6.03. The van der Waals surface area contributed by atoms with Crippen LogP contribution in [0.25, 0.3) is 0 Å². The number of aliphatic carboxylic acids is 1. The molecule has 0 radical (unpaired) electrons. The number of carbonyl (C=O) groups is 2. The molecule has 0 aliphatic heterocycles. The molecule has 11 heteroatoms. The second-order valence-corrected chi connectivity index (χ2v) is 15.0. The molecular formula is C47H72O11. The predicted molar refractivity (Wildman–Crippen MR) is 227 cm³/mol. The van der Waals surface area contributed by atoms with Gasteiger partial charge in [-0.05, 0) is 70.3 Å². The van der Waals surface area contributed by atoms with Crippen molar-refractivity contribution in [1.29, 1.82) is 0 Å². The van der Waals surface area contributed by atoms with E-state index in [0.717, 1.165) is 57.8 Å². The molecule has 0 heterocycles. The number of unbranched alkanes of at least 4 members (excludes halogenated alkanes) is 13. The first-order valence-corrected chi connectivity index (χ1v) is 21.3. The van der Waals surface area contributed by atoms with Gasteiger partial charge in [0.1, 0.15) is 24.1 Å². The maximum atomic E-state index is 12.2. The second-order valence-electron chi connectivity index (χ2n) is 15.0. The van der Waals surface area contributed by atoms with Gasteiger partial charge in [-0.15, -0.1) is 6.42 Å². The van der Waals surface area contributed by atoms with E-state index in [9.17, 15) is 50.4 Å².